The molecule has 0 aliphatic carbocycles. The summed E-state index contributed by atoms with van der Waals surface area (Å²) in [5.74, 6) is 0.599. The lowest BCUT2D eigenvalue weighted by Crippen LogP contribution is -1.98. The number of hydrogen-bond acceptors (Lipinski definition) is 3. The van der Waals surface area contributed by atoms with Crippen molar-refractivity contribution in [2.45, 2.75) is 32.6 Å². The number of aromatic amines is 1. The zero-order chi connectivity index (χ0) is 12.3. The first-order valence-corrected chi connectivity index (χ1v) is 6.23. The summed E-state index contributed by atoms with van der Waals surface area (Å²) in [6, 6.07) is 8.35. The Kier molecular flexibility index (Phi) is 3.68. The number of hydrogen-bond donors (Lipinski definition) is 1. The largest absolute Gasteiger partial charge is 0.242 e. The van der Waals surface area contributed by atoms with Crippen LogP contribution in [-0.2, 0) is 0 Å². The zero-order valence-electron chi connectivity index (χ0n) is 10.1. The van der Waals surface area contributed by atoms with Crippen molar-refractivity contribution >= 4 is 12.2 Å². The Morgan fingerprint density at radius 3 is 2.59 bits per heavy atom. The molecule has 1 aromatic carbocycles. The van der Waals surface area contributed by atoms with Gasteiger partial charge in [-0.3, -0.25) is 0 Å². The van der Waals surface area contributed by atoms with Crippen LogP contribution in [0.5, 0.6) is 0 Å². The molecule has 1 aromatic heterocycles. The van der Waals surface area contributed by atoms with Crippen LogP contribution < -0.4 is 0 Å². The highest BCUT2D eigenvalue weighted by atomic mass is 32.1. The van der Waals surface area contributed by atoms with Gasteiger partial charge in [-0.05, 0) is 42.3 Å². The third kappa shape index (κ3) is 2.61. The molecule has 0 aliphatic rings. The van der Waals surface area contributed by atoms with E-state index in [-0.39, 0.29) is 0 Å². The van der Waals surface area contributed by atoms with Crippen molar-refractivity contribution in [3.63, 3.8) is 0 Å². The van der Waals surface area contributed by atoms with E-state index in [1.54, 1.807) is 4.68 Å². The van der Waals surface area contributed by atoms with Crippen molar-refractivity contribution in [3.05, 3.63) is 34.6 Å². The number of benzene rings is 1. The van der Waals surface area contributed by atoms with Gasteiger partial charge in [0.25, 0.3) is 0 Å². The van der Waals surface area contributed by atoms with Crippen LogP contribution in [-0.4, -0.2) is 20.2 Å². The Morgan fingerprint density at radius 1 is 1.35 bits per heavy atom. The van der Waals surface area contributed by atoms with E-state index in [0.29, 0.717) is 10.7 Å². The molecule has 1 N–H and O–H groups in total. The van der Waals surface area contributed by atoms with Gasteiger partial charge in [0.1, 0.15) is 0 Å². The number of tetrazole rings is 1. The lowest BCUT2D eigenvalue weighted by Gasteiger charge is -2.11. The van der Waals surface area contributed by atoms with E-state index in [4.69, 9.17) is 12.2 Å². The molecule has 17 heavy (non-hydrogen) atoms. The van der Waals surface area contributed by atoms with Gasteiger partial charge in [-0.1, -0.05) is 42.7 Å². The minimum Gasteiger partial charge on any atom is -0.210 e. The average Bonchev–Trinajstić information content (AvgIpc) is 2.76. The lowest BCUT2D eigenvalue weighted by molar-refractivity contribution is 0.664. The molecule has 2 rings (SSSR count). The van der Waals surface area contributed by atoms with Crippen molar-refractivity contribution in [3.8, 4) is 5.69 Å². The van der Waals surface area contributed by atoms with Gasteiger partial charge in [0.2, 0.25) is 4.77 Å². The third-order valence-electron chi connectivity index (χ3n) is 2.91. The van der Waals surface area contributed by atoms with Gasteiger partial charge in [-0.15, -0.1) is 0 Å². The van der Waals surface area contributed by atoms with Crippen molar-refractivity contribution in [2.24, 2.45) is 0 Å². The second kappa shape index (κ2) is 5.23. The molecule has 1 unspecified atom stereocenters. The number of rotatable bonds is 4. The third-order valence-corrected chi connectivity index (χ3v) is 3.18. The van der Waals surface area contributed by atoms with E-state index in [0.717, 1.165) is 5.69 Å². The number of aromatic nitrogens is 4. The second-order valence-corrected chi connectivity index (χ2v) is 4.56. The van der Waals surface area contributed by atoms with Crippen LogP contribution in [0.3, 0.4) is 0 Å². The van der Waals surface area contributed by atoms with Gasteiger partial charge < -0.3 is 0 Å². The smallest absolute Gasteiger partial charge is 0.210 e. The van der Waals surface area contributed by atoms with Crippen LogP contribution >= 0.6 is 12.2 Å². The van der Waals surface area contributed by atoms with E-state index in [2.05, 4.69) is 41.5 Å². The molecule has 0 spiro atoms. The van der Waals surface area contributed by atoms with Gasteiger partial charge in [0.05, 0.1) is 5.69 Å². The molecule has 0 fully saturated rings. The molecule has 5 heteroatoms. The van der Waals surface area contributed by atoms with Gasteiger partial charge >= 0.3 is 0 Å². The first-order valence-electron chi connectivity index (χ1n) is 5.82. The standard InChI is InChI=1S/C12H16N4S/c1-3-4-9(2)10-5-7-11(8-6-10)16-12(17)13-14-15-16/h5-9H,3-4H2,1-2H3,(H,13,15,17). The van der Waals surface area contributed by atoms with Gasteiger partial charge in [-0.25, -0.2) is 4.68 Å². The normalized spacial score (nSPS) is 12.6. The number of H-pyrrole nitrogens is 1. The Labute approximate surface area is 106 Å². The topological polar surface area (TPSA) is 46.5 Å². The lowest BCUT2D eigenvalue weighted by atomic mass is 9.96. The van der Waals surface area contributed by atoms with Crippen LogP contribution in [0.2, 0.25) is 0 Å². The molecule has 4 nitrogen and oxygen atoms in total. The quantitative estimate of drug-likeness (QED) is 0.845. The van der Waals surface area contributed by atoms with Crippen LogP contribution in [0.15, 0.2) is 24.3 Å². The molecule has 0 amide bonds. The molecule has 0 saturated heterocycles. The first-order chi connectivity index (χ1) is 8.22. The molecule has 1 atom stereocenters. The van der Waals surface area contributed by atoms with Crippen molar-refractivity contribution in [2.75, 3.05) is 0 Å². The summed E-state index contributed by atoms with van der Waals surface area (Å²) in [5.41, 5.74) is 2.32. The fourth-order valence-electron chi connectivity index (χ4n) is 1.92. The van der Waals surface area contributed by atoms with Crippen LogP contribution in [0.25, 0.3) is 5.69 Å². The van der Waals surface area contributed by atoms with Gasteiger partial charge in [0.15, 0.2) is 0 Å². The molecule has 0 bridgehead atoms. The predicted molar refractivity (Wildman–Crippen MR) is 69.9 cm³/mol. The fourth-order valence-corrected chi connectivity index (χ4v) is 2.10. The van der Waals surface area contributed by atoms with E-state index < -0.39 is 0 Å². The number of nitrogens with one attached hydrogen (secondary N) is 1. The summed E-state index contributed by atoms with van der Waals surface area (Å²) in [6.45, 7) is 4.46. The maximum atomic E-state index is 5.05. The Balaban J connectivity index is 2.24. The summed E-state index contributed by atoms with van der Waals surface area (Å²) < 4.78 is 2.13. The summed E-state index contributed by atoms with van der Waals surface area (Å²) in [7, 11) is 0. The molecule has 0 saturated carbocycles. The second-order valence-electron chi connectivity index (χ2n) is 4.20. The summed E-state index contributed by atoms with van der Waals surface area (Å²) in [4.78, 5) is 0. The highest BCUT2D eigenvalue weighted by Crippen LogP contribution is 2.21. The highest BCUT2D eigenvalue weighted by molar-refractivity contribution is 7.71. The average molecular weight is 248 g/mol. The monoisotopic (exact) mass is 248 g/mol. The molecular weight excluding hydrogens is 232 g/mol. The van der Waals surface area contributed by atoms with Crippen molar-refractivity contribution < 1.29 is 0 Å². The zero-order valence-corrected chi connectivity index (χ0v) is 10.9. The first kappa shape index (κ1) is 12.0. The summed E-state index contributed by atoms with van der Waals surface area (Å²) in [6.07, 6.45) is 2.42. The Bertz CT molecular complexity index is 526. The highest BCUT2D eigenvalue weighted by Gasteiger charge is 2.05. The van der Waals surface area contributed by atoms with Crippen LogP contribution in [0, 0.1) is 4.77 Å². The van der Waals surface area contributed by atoms with E-state index in [9.17, 15) is 0 Å². The van der Waals surface area contributed by atoms with Crippen molar-refractivity contribution in [1.82, 2.24) is 20.2 Å². The van der Waals surface area contributed by atoms with E-state index in [1.807, 2.05) is 12.1 Å². The Hall–Kier alpha value is -1.49. The maximum Gasteiger partial charge on any atom is 0.242 e. The molecular formula is C12H16N4S. The Morgan fingerprint density at radius 2 is 2.06 bits per heavy atom. The SMILES string of the molecule is CCCC(C)c1ccc(-n2[nH]nnc2=S)cc1. The predicted octanol–water partition coefficient (Wildman–Crippen LogP) is 3.23. The fraction of sp³-hybridized carbons (Fsp3) is 0.417. The molecule has 0 aliphatic heterocycles. The van der Waals surface area contributed by atoms with Crippen molar-refractivity contribution in [1.29, 1.82) is 0 Å². The van der Waals surface area contributed by atoms with Gasteiger partial charge in [0, 0.05) is 0 Å². The summed E-state index contributed by atoms with van der Waals surface area (Å²) >= 11 is 5.05. The number of nitrogens with zero attached hydrogens (tertiary/aromatic N) is 3. The summed E-state index contributed by atoms with van der Waals surface area (Å²) in [5, 5.41) is 10.2. The molecule has 2 aromatic rings. The maximum absolute atomic E-state index is 5.05. The van der Waals surface area contributed by atoms with E-state index in [1.165, 1.54) is 18.4 Å². The van der Waals surface area contributed by atoms with E-state index >= 15 is 0 Å². The minimum absolute atomic E-state index is 0.444. The van der Waals surface area contributed by atoms with Gasteiger partial charge in [-0.2, -0.15) is 5.21 Å². The molecule has 0 radical (unpaired) electrons. The van der Waals surface area contributed by atoms with Crippen LogP contribution in [0.1, 0.15) is 38.2 Å². The minimum atomic E-state index is 0.444. The van der Waals surface area contributed by atoms with Crippen LogP contribution in [0.4, 0.5) is 0 Å². The molecule has 90 valence electrons. The molecule has 1 heterocycles.